The Hall–Kier alpha value is -3.28. The summed E-state index contributed by atoms with van der Waals surface area (Å²) < 4.78 is 0. The predicted octanol–water partition coefficient (Wildman–Crippen LogP) is 2.39. The highest BCUT2D eigenvalue weighted by Crippen LogP contribution is 2.01. The van der Waals surface area contributed by atoms with E-state index in [0.29, 0.717) is 0 Å². The van der Waals surface area contributed by atoms with Gasteiger partial charge < -0.3 is 11.5 Å². The van der Waals surface area contributed by atoms with E-state index in [1.165, 1.54) is 11.1 Å². The van der Waals surface area contributed by atoms with Crippen LogP contribution in [0.5, 0.6) is 0 Å². The van der Waals surface area contributed by atoms with Crippen LogP contribution in [0.1, 0.15) is 22.3 Å². The monoisotopic (exact) mass is 320 g/mol. The molecule has 6 nitrogen and oxygen atoms in total. The summed E-state index contributed by atoms with van der Waals surface area (Å²) in [5.74, 6) is 0.0267. The SMILES string of the molecule is Cc1ccc(C=N\N=C(N)/C(N)=N/N=C\c2ccc(C)cc2)cc1. The van der Waals surface area contributed by atoms with Gasteiger partial charge in [-0.25, -0.2) is 0 Å². The van der Waals surface area contributed by atoms with Crippen molar-refractivity contribution >= 4 is 24.1 Å². The molecular formula is C18H20N6. The Morgan fingerprint density at radius 2 is 1.00 bits per heavy atom. The molecule has 0 aromatic heterocycles. The van der Waals surface area contributed by atoms with Crippen molar-refractivity contribution in [2.75, 3.05) is 0 Å². The van der Waals surface area contributed by atoms with E-state index in [9.17, 15) is 0 Å². The highest BCUT2D eigenvalue weighted by molar-refractivity contribution is 6.39. The molecule has 122 valence electrons. The molecular weight excluding hydrogens is 300 g/mol. The van der Waals surface area contributed by atoms with Gasteiger partial charge in [-0.3, -0.25) is 0 Å². The molecule has 2 aromatic carbocycles. The van der Waals surface area contributed by atoms with Gasteiger partial charge >= 0.3 is 0 Å². The summed E-state index contributed by atoms with van der Waals surface area (Å²) >= 11 is 0. The van der Waals surface area contributed by atoms with Crippen molar-refractivity contribution in [3.63, 3.8) is 0 Å². The van der Waals surface area contributed by atoms with E-state index in [-0.39, 0.29) is 11.7 Å². The Kier molecular flexibility index (Phi) is 5.96. The van der Waals surface area contributed by atoms with Crippen molar-refractivity contribution in [2.24, 2.45) is 31.9 Å². The summed E-state index contributed by atoms with van der Waals surface area (Å²) in [6.45, 7) is 4.04. The molecule has 0 atom stereocenters. The zero-order valence-electron chi connectivity index (χ0n) is 13.7. The van der Waals surface area contributed by atoms with Gasteiger partial charge in [0.15, 0.2) is 11.7 Å². The third-order valence-corrected chi connectivity index (χ3v) is 3.16. The molecule has 0 aliphatic heterocycles. The van der Waals surface area contributed by atoms with Gasteiger partial charge in [0.05, 0.1) is 12.4 Å². The van der Waals surface area contributed by atoms with Crippen LogP contribution >= 0.6 is 0 Å². The Bertz CT molecular complexity index is 714. The molecule has 0 unspecified atom stereocenters. The molecule has 2 aromatic rings. The van der Waals surface area contributed by atoms with E-state index in [1.54, 1.807) is 12.4 Å². The molecule has 0 radical (unpaired) electrons. The second-order valence-corrected chi connectivity index (χ2v) is 5.28. The summed E-state index contributed by atoms with van der Waals surface area (Å²) in [6.07, 6.45) is 3.18. The fourth-order valence-electron chi connectivity index (χ4n) is 1.72. The van der Waals surface area contributed by atoms with Crippen LogP contribution in [0.2, 0.25) is 0 Å². The smallest absolute Gasteiger partial charge is 0.190 e. The number of hydrogen-bond acceptors (Lipinski definition) is 4. The minimum Gasteiger partial charge on any atom is -0.379 e. The lowest BCUT2D eigenvalue weighted by molar-refractivity contribution is 1.21. The lowest BCUT2D eigenvalue weighted by Gasteiger charge is -1.95. The van der Waals surface area contributed by atoms with E-state index in [2.05, 4.69) is 20.4 Å². The maximum Gasteiger partial charge on any atom is 0.190 e. The van der Waals surface area contributed by atoms with E-state index >= 15 is 0 Å². The quantitative estimate of drug-likeness (QED) is 0.513. The van der Waals surface area contributed by atoms with Crippen molar-refractivity contribution in [2.45, 2.75) is 13.8 Å². The molecule has 2 rings (SSSR count). The normalized spacial score (nSPS) is 13.1. The molecule has 0 bridgehead atoms. The van der Waals surface area contributed by atoms with Gasteiger partial charge in [-0.05, 0) is 25.0 Å². The average Bonchev–Trinajstić information content (AvgIpc) is 2.58. The number of nitrogens with zero attached hydrogens (tertiary/aromatic N) is 4. The Labute approximate surface area is 141 Å². The Morgan fingerprint density at radius 1 is 0.667 bits per heavy atom. The van der Waals surface area contributed by atoms with Crippen LogP contribution in [0.25, 0.3) is 0 Å². The minimum absolute atomic E-state index is 0.0133. The first-order chi connectivity index (χ1) is 11.5. The van der Waals surface area contributed by atoms with E-state index in [4.69, 9.17) is 11.5 Å². The van der Waals surface area contributed by atoms with Crippen molar-refractivity contribution in [1.82, 2.24) is 0 Å². The number of aryl methyl sites for hydroxylation is 2. The lowest BCUT2D eigenvalue weighted by Crippen LogP contribution is -2.30. The maximum atomic E-state index is 5.71. The van der Waals surface area contributed by atoms with Crippen LogP contribution < -0.4 is 11.5 Å². The molecule has 24 heavy (non-hydrogen) atoms. The van der Waals surface area contributed by atoms with Gasteiger partial charge in [-0.2, -0.15) is 10.2 Å². The number of nitrogens with two attached hydrogens (primary N) is 2. The number of rotatable bonds is 4. The van der Waals surface area contributed by atoms with Crippen molar-refractivity contribution in [3.8, 4) is 0 Å². The van der Waals surface area contributed by atoms with Gasteiger partial charge in [0, 0.05) is 0 Å². The molecule has 0 saturated carbocycles. The Morgan fingerprint density at radius 3 is 1.33 bits per heavy atom. The molecule has 0 aliphatic rings. The molecule has 0 heterocycles. The fraction of sp³-hybridized carbons (Fsp3) is 0.111. The molecule has 0 fully saturated rings. The summed E-state index contributed by atoms with van der Waals surface area (Å²) in [5.41, 5.74) is 15.6. The number of benzene rings is 2. The van der Waals surface area contributed by atoms with Gasteiger partial charge in [0.1, 0.15) is 0 Å². The molecule has 0 saturated heterocycles. The average molecular weight is 320 g/mol. The van der Waals surface area contributed by atoms with E-state index < -0.39 is 0 Å². The van der Waals surface area contributed by atoms with Gasteiger partial charge in [-0.15, -0.1) is 10.2 Å². The summed E-state index contributed by atoms with van der Waals surface area (Å²) in [7, 11) is 0. The van der Waals surface area contributed by atoms with Crippen molar-refractivity contribution in [1.29, 1.82) is 0 Å². The highest BCUT2D eigenvalue weighted by Gasteiger charge is 1.97. The van der Waals surface area contributed by atoms with Gasteiger partial charge in [0.25, 0.3) is 0 Å². The van der Waals surface area contributed by atoms with Gasteiger partial charge in [-0.1, -0.05) is 59.7 Å². The molecule has 0 spiro atoms. The first kappa shape index (κ1) is 17.1. The van der Waals surface area contributed by atoms with Crippen LogP contribution in [0.3, 0.4) is 0 Å². The number of hydrogen-bond donors (Lipinski definition) is 2. The van der Waals surface area contributed by atoms with E-state index in [0.717, 1.165) is 11.1 Å². The lowest BCUT2D eigenvalue weighted by atomic mass is 10.2. The second kappa shape index (κ2) is 8.38. The minimum atomic E-state index is 0.0133. The second-order valence-electron chi connectivity index (χ2n) is 5.28. The maximum absolute atomic E-state index is 5.71. The largest absolute Gasteiger partial charge is 0.379 e. The van der Waals surface area contributed by atoms with Crippen LogP contribution in [-0.2, 0) is 0 Å². The third kappa shape index (κ3) is 5.49. The highest BCUT2D eigenvalue weighted by atomic mass is 15.3. The molecule has 0 aliphatic carbocycles. The first-order valence-electron chi connectivity index (χ1n) is 7.41. The Balaban J connectivity index is 1.98. The number of amidine groups is 2. The zero-order chi connectivity index (χ0) is 17.4. The summed E-state index contributed by atoms with van der Waals surface area (Å²) in [6, 6.07) is 15.7. The predicted molar refractivity (Wildman–Crippen MR) is 101 cm³/mol. The van der Waals surface area contributed by atoms with E-state index in [1.807, 2.05) is 62.4 Å². The van der Waals surface area contributed by atoms with Crippen molar-refractivity contribution < 1.29 is 0 Å². The first-order valence-corrected chi connectivity index (χ1v) is 7.41. The summed E-state index contributed by atoms with van der Waals surface area (Å²) in [4.78, 5) is 0. The van der Waals surface area contributed by atoms with Crippen LogP contribution in [0.4, 0.5) is 0 Å². The van der Waals surface area contributed by atoms with Crippen molar-refractivity contribution in [3.05, 3.63) is 70.8 Å². The molecule has 0 amide bonds. The third-order valence-electron chi connectivity index (χ3n) is 3.16. The van der Waals surface area contributed by atoms with Crippen LogP contribution in [0, 0.1) is 13.8 Å². The standard InChI is InChI=1S/C18H20N6/c1-13-3-7-15(8-4-13)11-21-23-17(19)18(20)24-22-12-16-9-5-14(2)6-10-16/h3-12H,1-2H3,(H2,19,23)(H2,20,24)/b21-11-,22-12?. The van der Waals surface area contributed by atoms with Crippen LogP contribution in [-0.4, -0.2) is 24.1 Å². The van der Waals surface area contributed by atoms with Gasteiger partial charge in [0.2, 0.25) is 0 Å². The zero-order valence-corrected chi connectivity index (χ0v) is 13.7. The topological polar surface area (TPSA) is 101 Å². The van der Waals surface area contributed by atoms with Crippen LogP contribution in [0.15, 0.2) is 68.9 Å². The fourth-order valence-corrected chi connectivity index (χ4v) is 1.72. The summed E-state index contributed by atoms with van der Waals surface area (Å²) in [5, 5.41) is 15.4. The molecule has 6 heteroatoms. The molecule has 4 N–H and O–H groups in total.